The van der Waals surface area contributed by atoms with Crippen LogP contribution < -0.4 is 10.6 Å². The number of ether oxygens (including phenoxy) is 1. The predicted octanol–water partition coefficient (Wildman–Crippen LogP) is 3.07. The number of anilines is 1. The molecular formula is C23H22F2N4O4. The number of rotatable bonds is 8. The highest BCUT2D eigenvalue weighted by Gasteiger charge is 2.15. The van der Waals surface area contributed by atoms with Crippen LogP contribution in [0.1, 0.15) is 28.0 Å². The van der Waals surface area contributed by atoms with Gasteiger partial charge in [0.25, 0.3) is 11.8 Å². The lowest BCUT2D eigenvalue weighted by Gasteiger charge is -2.10. The Bertz CT molecular complexity index is 1180. The van der Waals surface area contributed by atoms with Gasteiger partial charge in [0.15, 0.2) is 6.61 Å². The van der Waals surface area contributed by atoms with Gasteiger partial charge >= 0.3 is 5.97 Å². The third-order valence-electron chi connectivity index (χ3n) is 4.53. The van der Waals surface area contributed by atoms with E-state index in [-0.39, 0.29) is 18.5 Å². The number of nitrogens with zero attached hydrogens (tertiary/aromatic N) is 2. The van der Waals surface area contributed by atoms with Gasteiger partial charge in [0.1, 0.15) is 17.5 Å². The second-order valence-corrected chi connectivity index (χ2v) is 7.26. The second-order valence-electron chi connectivity index (χ2n) is 7.26. The number of amides is 2. The molecule has 172 valence electrons. The van der Waals surface area contributed by atoms with E-state index in [0.717, 1.165) is 23.4 Å². The molecule has 3 rings (SSSR count). The maximum Gasteiger partial charge on any atom is 0.308 e. The van der Waals surface area contributed by atoms with Gasteiger partial charge < -0.3 is 15.4 Å². The molecule has 0 unspecified atom stereocenters. The number of hydrogen-bond acceptors (Lipinski definition) is 5. The van der Waals surface area contributed by atoms with Crippen molar-refractivity contribution in [2.45, 2.75) is 20.3 Å². The number of halogens is 2. The molecule has 1 aromatic heterocycles. The molecular weight excluding hydrogens is 434 g/mol. The first kappa shape index (κ1) is 23.6. The first-order valence-electron chi connectivity index (χ1n) is 10.1. The smallest absolute Gasteiger partial charge is 0.308 e. The highest BCUT2D eigenvalue weighted by molar-refractivity contribution is 5.95. The summed E-state index contributed by atoms with van der Waals surface area (Å²) in [6.45, 7) is 3.07. The zero-order valence-electron chi connectivity index (χ0n) is 18.0. The van der Waals surface area contributed by atoms with Crippen LogP contribution in [0, 0.1) is 25.5 Å². The first-order chi connectivity index (χ1) is 15.7. The molecule has 0 bridgehead atoms. The minimum Gasteiger partial charge on any atom is -0.456 e. The number of nitrogens with one attached hydrogen (secondary N) is 2. The van der Waals surface area contributed by atoms with Crippen molar-refractivity contribution < 1.29 is 27.9 Å². The molecule has 2 amide bonds. The number of aryl methyl sites for hydroxylation is 2. The van der Waals surface area contributed by atoms with Crippen molar-refractivity contribution >= 4 is 23.6 Å². The van der Waals surface area contributed by atoms with Crippen molar-refractivity contribution in [3.8, 4) is 5.69 Å². The van der Waals surface area contributed by atoms with Crippen molar-refractivity contribution in [3.63, 3.8) is 0 Å². The number of esters is 1. The summed E-state index contributed by atoms with van der Waals surface area (Å²) in [5.74, 6) is -3.47. The van der Waals surface area contributed by atoms with Crippen LogP contribution in [0.2, 0.25) is 0 Å². The summed E-state index contributed by atoms with van der Waals surface area (Å²) in [6, 6.07) is 11.8. The predicted molar refractivity (Wildman–Crippen MR) is 116 cm³/mol. The number of hydrogen-bond donors (Lipinski definition) is 2. The van der Waals surface area contributed by atoms with E-state index in [1.54, 1.807) is 17.7 Å². The summed E-state index contributed by atoms with van der Waals surface area (Å²) in [4.78, 5) is 36.0. The molecule has 0 radical (unpaired) electrons. The number of aromatic nitrogens is 2. The molecule has 0 aliphatic heterocycles. The van der Waals surface area contributed by atoms with Gasteiger partial charge in [-0.15, -0.1) is 0 Å². The Kier molecular flexibility index (Phi) is 7.50. The van der Waals surface area contributed by atoms with E-state index in [4.69, 9.17) is 4.74 Å². The van der Waals surface area contributed by atoms with Crippen LogP contribution in [0.15, 0.2) is 48.5 Å². The average Bonchev–Trinajstić information content (AvgIpc) is 3.12. The third-order valence-corrected chi connectivity index (χ3v) is 4.53. The van der Waals surface area contributed by atoms with Crippen molar-refractivity contribution in [2.24, 2.45) is 0 Å². The number of carbonyl (C=O) groups excluding carboxylic acids is 3. The molecule has 2 aromatic carbocycles. The van der Waals surface area contributed by atoms with Gasteiger partial charge in [-0.05, 0) is 38.1 Å². The summed E-state index contributed by atoms with van der Waals surface area (Å²) in [6.07, 6.45) is -0.234. The minimum atomic E-state index is -1.01. The van der Waals surface area contributed by atoms with Crippen LogP contribution in [0.3, 0.4) is 0 Å². The van der Waals surface area contributed by atoms with E-state index in [1.807, 2.05) is 31.2 Å². The Hall–Kier alpha value is -4.08. The Labute approximate surface area is 188 Å². The average molecular weight is 456 g/mol. The highest BCUT2D eigenvalue weighted by atomic mass is 19.1. The van der Waals surface area contributed by atoms with E-state index < -0.39 is 36.0 Å². The fourth-order valence-electron chi connectivity index (χ4n) is 2.92. The molecule has 33 heavy (non-hydrogen) atoms. The van der Waals surface area contributed by atoms with Gasteiger partial charge in [-0.3, -0.25) is 14.4 Å². The summed E-state index contributed by atoms with van der Waals surface area (Å²) in [5, 5.41) is 9.34. The SMILES string of the molecule is Cc1ccc(-n2nc(C)cc2NC(=O)COC(=O)CCNC(=O)c2ccc(F)cc2F)cc1. The fraction of sp³-hybridized carbons (Fsp3) is 0.217. The van der Waals surface area contributed by atoms with Gasteiger partial charge in [-0.25, -0.2) is 13.5 Å². The zero-order chi connectivity index (χ0) is 24.0. The van der Waals surface area contributed by atoms with Gasteiger partial charge in [0, 0.05) is 18.7 Å². The monoisotopic (exact) mass is 456 g/mol. The fourth-order valence-corrected chi connectivity index (χ4v) is 2.92. The van der Waals surface area contributed by atoms with E-state index in [1.165, 1.54) is 0 Å². The standard InChI is InChI=1S/C23H22F2N4O4/c1-14-3-6-17(7-4-14)29-20(11-15(2)28-29)27-21(30)13-33-22(31)9-10-26-23(32)18-8-5-16(24)12-19(18)25/h3-8,11-12H,9-10,13H2,1-2H3,(H,26,32)(H,27,30). The van der Waals surface area contributed by atoms with E-state index >= 15 is 0 Å². The van der Waals surface area contributed by atoms with Crippen LogP contribution in [-0.2, 0) is 14.3 Å². The van der Waals surface area contributed by atoms with Crippen molar-refractivity contribution in [3.05, 3.63) is 77.0 Å². The quantitative estimate of drug-likeness (QED) is 0.507. The van der Waals surface area contributed by atoms with E-state index in [9.17, 15) is 23.2 Å². The molecule has 10 heteroatoms. The summed E-state index contributed by atoms with van der Waals surface area (Å²) in [5.41, 5.74) is 2.19. The lowest BCUT2D eigenvalue weighted by Crippen LogP contribution is -2.28. The highest BCUT2D eigenvalue weighted by Crippen LogP contribution is 2.17. The molecule has 0 aliphatic rings. The third kappa shape index (κ3) is 6.45. The van der Waals surface area contributed by atoms with Crippen LogP contribution in [0.5, 0.6) is 0 Å². The molecule has 0 saturated carbocycles. The van der Waals surface area contributed by atoms with Crippen LogP contribution in [0.25, 0.3) is 5.69 Å². The summed E-state index contributed by atoms with van der Waals surface area (Å²) < 4.78 is 33.0. The van der Waals surface area contributed by atoms with Gasteiger partial charge in [0.2, 0.25) is 0 Å². The van der Waals surface area contributed by atoms with Crippen LogP contribution in [-0.4, -0.2) is 40.7 Å². The van der Waals surface area contributed by atoms with Crippen molar-refractivity contribution in [1.29, 1.82) is 0 Å². The zero-order valence-corrected chi connectivity index (χ0v) is 18.0. The second kappa shape index (κ2) is 10.5. The van der Waals surface area contributed by atoms with Crippen molar-refractivity contribution in [1.82, 2.24) is 15.1 Å². The van der Waals surface area contributed by atoms with Crippen LogP contribution in [0.4, 0.5) is 14.6 Å². The number of benzene rings is 2. The van der Waals surface area contributed by atoms with Gasteiger partial charge in [-0.1, -0.05) is 17.7 Å². The Balaban J connectivity index is 1.46. The molecule has 0 fully saturated rings. The van der Waals surface area contributed by atoms with Gasteiger partial charge in [-0.2, -0.15) is 5.10 Å². The minimum absolute atomic E-state index is 0.143. The van der Waals surface area contributed by atoms with E-state index in [0.29, 0.717) is 17.6 Å². The maximum atomic E-state index is 13.6. The lowest BCUT2D eigenvalue weighted by molar-refractivity contribution is -0.147. The molecule has 0 atom stereocenters. The Morgan fingerprint density at radius 1 is 1.03 bits per heavy atom. The molecule has 0 saturated heterocycles. The molecule has 1 heterocycles. The molecule has 0 spiro atoms. The summed E-state index contributed by atoms with van der Waals surface area (Å²) >= 11 is 0. The van der Waals surface area contributed by atoms with Crippen molar-refractivity contribution in [2.75, 3.05) is 18.5 Å². The largest absolute Gasteiger partial charge is 0.456 e. The molecule has 0 aliphatic carbocycles. The van der Waals surface area contributed by atoms with Crippen LogP contribution >= 0.6 is 0 Å². The molecule has 8 nitrogen and oxygen atoms in total. The molecule has 2 N–H and O–H groups in total. The maximum absolute atomic E-state index is 13.6. The Morgan fingerprint density at radius 3 is 2.45 bits per heavy atom. The van der Waals surface area contributed by atoms with Gasteiger partial charge in [0.05, 0.1) is 23.4 Å². The normalized spacial score (nSPS) is 10.5. The topological polar surface area (TPSA) is 102 Å². The first-order valence-corrected chi connectivity index (χ1v) is 10.1. The lowest BCUT2D eigenvalue weighted by atomic mass is 10.2. The van der Waals surface area contributed by atoms with E-state index in [2.05, 4.69) is 15.7 Å². The number of carbonyl (C=O) groups is 3. The summed E-state index contributed by atoms with van der Waals surface area (Å²) in [7, 11) is 0. The molecule has 3 aromatic rings. The Morgan fingerprint density at radius 2 is 1.76 bits per heavy atom.